The molecule has 0 fully saturated rings. The Morgan fingerprint density at radius 1 is 1.50 bits per heavy atom. The van der Waals surface area contributed by atoms with Crippen molar-refractivity contribution in [3.8, 4) is 0 Å². The molecule has 0 N–H and O–H groups in total. The van der Waals surface area contributed by atoms with Crippen molar-refractivity contribution in [3.05, 3.63) is 0 Å². The van der Waals surface area contributed by atoms with Gasteiger partial charge < -0.3 is 4.79 Å². The summed E-state index contributed by atoms with van der Waals surface area (Å²) in [7, 11) is 0. The zero-order valence-corrected chi connectivity index (χ0v) is 3.56. The molecule has 0 aromatic carbocycles. The first kappa shape index (κ1) is 10.7. The maximum atomic E-state index is 9.50. The van der Waals surface area contributed by atoms with Crippen molar-refractivity contribution in [1.82, 2.24) is 0 Å². The molecular formula is C4H9CsO. The molecule has 6 heavy (non-hydrogen) atoms. The van der Waals surface area contributed by atoms with Crippen LogP contribution in [0.3, 0.4) is 0 Å². The van der Waals surface area contributed by atoms with Crippen molar-refractivity contribution >= 4 is 75.2 Å². The van der Waals surface area contributed by atoms with Gasteiger partial charge in [-0.25, -0.2) is 0 Å². The van der Waals surface area contributed by atoms with E-state index >= 15 is 0 Å². The van der Waals surface area contributed by atoms with E-state index in [1.165, 1.54) is 0 Å². The molecule has 0 aliphatic carbocycles. The Bertz CT molecular complexity index is 34.5. The molecule has 0 atom stereocenters. The van der Waals surface area contributed by atoms with E-state index in [0.29, 0.717) is 0 Å². The van der Waals surface area contributed by atoms with E-state index in [-0.39, 0.29) is 74.8 Å². The van der Waals surface area contributed by atoms with Crippen LogP contribution in [0, 0.1) is 5.92 Å². The number of aldehydes is 1. The normalized spacial score (nSPS) is 7.17. The fourth-order valence-electron chi connectivity index (χ4n) is 0. The summed E-state index contributed by atoms with van der Waals surface area (Å²) in [6.45, 7) is 3.71. The molecule has 2 heteroatoms. The fourth-order valence-corrected chi connectivity index (χ4v) is 0. The third-order valence-corrected chi connectivity index (χ3v) is 0.272. The molecule has 32 valence electrons. The second kappa shape index (κ2) is 6.72. The molecule has 0 radical (unpaired) electrons. The number of hydrogen-bond donors (Lipinski definition) is 0. The van der Waals surface area contributed by atoms with E-state index < -0.39 is 0 Å². The van der Waals surface area contributed by atoms with Gasteiger partial charge in [0.2, 0.25) is 0 Å². The van der Waals surface area contributed by atoms with Gasteiger partial charge in [-0.3, -0.25) is 0 Å². The SMILES string of the molecule is CC(C)C=O.[CsH]. The average molecular weight is 206 g/mol. The summed E-state index contributed by atoms with van der Waals surface area (Å²) in [5.74, 6) is 0.204. The molecule has 0 saturated heterocycles. The second-order valence-electron chi connectivity index (χ2n) is 1.38. The molecule has 0 heterocycles. The summed E-state index contributed by atoms with van der Waals surface area (Å²) >= 11 is 0. The molecule has 1 nitrogen and oxygen atoms in total. The third-order valence-electron chi connectivity index (χ3n) is 0.272. The average Bonchev–Trinajstić information content (AvgIpc) is 1.38. The topological polar surface area (TPSA) is 17.1 Å². The van der Waals surface area contributed by atoms with E-state index in [0.717, 1.165) is 6.29 Å². The van der Waals surface area contributed by atoms with Crippen molar-refractivity contribution in [1.29, 1.82) is 0 Å². The van der Waals surface area contributed by atoms with E-state index in [9.17, 15) is 4.79 Å². The first-order valence-electron chi connectivity index (χ1n) is 1.72. The van der Waals surface area contributed by atoms with Crippen molar-refractivity contribution in [2.24, 2.45) is 5.92 Å². The number of carbonyl (C=O) groups excluding carboxylic acids is 1. The van der Waals surface area contributed by atoms with Gasteiger partial charge in [-0.2, -0.15) is 0 Å². The number of carbonyl (C=O) groups is 1. The van der Waals surface area contributed by atoms with Crippen LogP contribution in [0.2, 0.25) is 0 Å². The van der Waals surface area contributed by atoms with E-state index in [1.807, 2.05) is 13.8 Å². The second-order valence-corrected chi connectivity index (χ2v) is 1.38. The maximum absolute atomic E-state index is 9.50. The van der Waals surface area contributed by atoms with E-state index in [4.69, 9.17) is 0 Å². The standard InChI is InChI=1S/C4H8O.Cs.H/c1-4(2)3-5;;/h3-4H,1-2H3;;. The molecule has 0 saturated carbocycles. The van der Waals surface area contributed by atoms with E-state index in [1.54, 1.807) is 0 Å². The molecule has 0 bridgehead atoms. The minimum atomic E-state index is 0. The Hall–Kier alpha value is 1.72. The van der Waals surface area contributed by atoms with Crippen LogP contribution in [0.5, 0.6) is 0 Å². The predicted molar refractivity (Wildman–Crippen MR) is 28.1 cm³/mol. The number of hydrogen-bond acceptors (Lipinski definition) is 1. The molecular weight excluding hydrogens is 197 g/mol. The van der Waals surface area contributed by atoms with Gasteiger partial charge in [-0.15, -0.1) is 0 Å². The van der Waals surface area contributed by atoms with Gasteiger partial charge in [-0.1, -0.05) is 13.8 Å². The fraction of sp³-hybridized carbons (Fsp3) is 0.750. The Kier molecular flexibility index (Phi) is 11.9. The van der Waals surface area contributed by atoms with Crippen LogP contribution in [0.25, 0.3) is 0 Å². The molecule has 0 amide bonds. The summed E-state index contributed by atoms with van der Waals surface area (Å²) in [5.41, 5.74) is 0. The van der Waals surface area contributed by atoms with Crippen molar-refractivity contribution < 1.29 is 4.79 Å². The zero-order valence-electron chi connectivity index (χ0n) is 3.56. The molecule has 0 aliphatic heterocycles. The van der Waals surface area contributed by atoms with Gasteiger partial charge >= 0.3 is 68.9 Å². The summed E-state index contributed by atoms with van der Waals surface area (Å²) in [6.07, 6.45) is 0.917. The van der Waals surface area contributed by atoms with Gasteiger partial charge in [0.1, 0.15) is 6.29 Å². The molecule has 0 aliphatic rings. The Morgan fingerprint density at radius 2 is 1.67 bits per heavy atom. The Morgan fingerprint density at radius 3 is 1.67 bits per heavy atom. The molecule has 0 rings (SSSR count). The summed E-state index contributed by atoms with van der Waals surface area (Å²) in [4.78, 5) is 9.50. The summed E-state index contributed by atoms with van der Waals surface area (Å²) in [6, 6.07) is 0. The van der Waals surface area contributed by atoms with Gasteiger partial charge in [0, 0.05) is 5.92 Å². The van der Waals surface area contributed by atoms with Crippen LogP contribution in [0.1, 0.15) is 13.8 Å². The van der Waals surface area contributed by atoms with E-state index in [2.05, 4.69) is 0 Å². The van der Waals surface area contributed by atoms with Gasteiger partial charge in [0.05, 0.1) is 0 Å². The van der Waals surface area contributed by atoms with Crippen LogP contribution >= 0.6 is 0 Å². The van der Waals surface area contributed by atoms with Crippen LogP contribution in [-0.4, -0.2) is 75.2 Å². The van der Waals surface area contributed by atoms with Gasteiger partial charge in [0.15, 0.2) is 0 Å². The van der Waals surface area contributed by atoms with Crippen LogP contribution in [0.4, 0.5) is 0 Å². The first-order valence-corrected chi connectivity index (χ1v) is 1.72. The van der Waals surface area contributed by atoms with Crippen LogP contribution < -0.4 is 0 Å². The molecule has 0 spiro atoms. The monoisotopic (exact) mass is 206 g/mol. The van der Waals surface area contributed by atoms with Crippen LogP contribution in [0.15, 0.2) is 0 Å². The third kappa shape index (κ3) is 9.21. The van der Waals surface area contributed by atoms with Crippen molar-refractivity contribution in [2.45, 2.75) is 13.8 Å². The predicted octanol–water partition coefficient (Wildman–Crippen LogP) is 0.193. The summed E-state index contributed by atoms with van der Waals surface area (Å²) in [5, 5.41) is 0. The molecule has 0 unspecified atom stereocenters. The molecule has 0 aromatic heterocycles. The quantitative estimate of drug-likeness (QED) is 0.560. The zero-order chi connectivity index (χ0) is 4.28. The number of rotatable bonds is 1. The molecule has 0 aromatic rings. The van der Waals surface area contributed by atoms with Crippen molar-refractivity contribution in [2.75, 3.05) is 0 Å². The Labute approximate surface area is 97.3 Å². The van der Waals surface area contributed by atoms with Crippen LogP contribution in [-0.2, 0) is 4.79 Å². The first-order chi connectivity index (χ1) is 2.27. The van der Waals surface area contributed by atoms with Gasteiger partial charge in [-0.05, 0) is 0 Å². The van der Waals surface area contributed by atoms with Crippen molar-refractivity contribution in [3.63, 3.8) is 0 Å². The summed E-state index contributed by atoms with van der Waals surface area (Å²) < 4.78 is 0. The Balaban J connectivity index is 0. The minimum absolute atomic E-state index is 0. The van der Waals surface area contributed by atoms with Gasteiger partial charge in [0.25, 0.3) is 0 Å².